The summed E-state index contributed by atoms with van der Waals surface area (Å²) in [4.78, 5) is 44.2. The van der Waals surface area contributed by atoms with Crippen molar-refractivity contribution in [3.63, 3.8) is 0 Å². The maximum absolute atomic E-state index is 13.8. The molecule has 190 valence electrons. The van der Waals surface area contributed by atoms with Crippen LogP contribution in [0.1, 0.15) is 28.9 Å². The van der Waals surface area contributed by atoms with E-state index in [4.69, 9.17) is 18.0 Å². The largest absolute Gasteiger partial charge is 0.356 e. The molecule has 1 aromatic heterocycles. The van der Waals surface area contributed by atoms with Crippen molar-refractivity contribution in [3.8, 4) is 12.3 Å². The van der Waals surface area contributed by atoms with Gasteiger partial charge in [0, 0.05) is 35.3 Å². The van der Waals surface area contributed by atoms with Crippen molar-refractivity contribution in [1.29, 1.82) is 0 Å². The van der Waals surface area contributed by atoms with E-state index < -0.39 is 12.1 Å². The maximum Gasteiger partial charge on any atom is 0.271 e. The van der Waals surface area contributed by atoms with E-state index in [1.807, 2.05) is 31.2 Å². The van der Waals surface area contributed by atoms with Crippen molar-refractivity contribution < 1.29 is 14.4 Å². The van der Waals surface area contributed by atoms with E-state index in [2.05, 4.69) is 33.7 Å². The molecular weight excluding hydrogens is 488 g/mol. The molecule has 1 aliphatic carbocycles. The van der Waals surface area contributed by atoms with Crippen LogP contribution in [0.25, 0.3) is 10.9 Å². The third kappa shape index (κ3) is 4.82. The second-order valence-electron chi connectivity index (χ2n) is 9.80. The van der Waals surface area contributed by atoms with Crippen molar-refractivity contribution >= 4 is 40.2 Å². The van der Waals surface area contributed by atoms with E-state index in [-0.39, 0.29) is 35.5 Å². The number of H-pyrrole nitrogens is 1. The summed E-state index contributed by atoms with van der Waals surface area (Å²) >= 11 is 6.38. The number of allylic oxidation sites excluding steroid dienone is 2. The molecule has 3 aliphatic rings. The number of halogens is 1. The van der Waals surface area contributed by atoms with E-state index >= 15 is 0 Å². The van der Waals surface area contributed by atoms with Crippen molar-refractivity contribution in [2.24, 2.45) is 17.8 Å². The predicted molar refractivity (Wildman–Crippen MR) is 144 cm³/mol. The molecule has 3 heterocycles. The lowest BCUT2D eigenvalue weighted by Crippen LogP contribution is -2.50. The Balaban J connectivity index is 1.42. The molecule has 2 aliphatic heterocycles. The van der Waals surface area contributed by atoms with E-state index in [0.717, 1.165) is 22.9 Å². The Morgan fingerprint density at radius 3 is 2.84 bits per heavy atom. The normalized spacial score (nSPS) is 25.6. The lowest BCUT2D eigenvalue weighted by molar-refractivity contribution is -0.125. The van der Waals surface area contributed by atoms with Gasteiger partial charge in [0.05, 0.1) is 11.4 Å². The molecule has 8 heteroatoms. The van der Waals surface area contributed by atoms with Gasteiger partial charge in [-0.25, -0.2) is 0 Å². The molecule has 7 nitrogen and oxygen atoms in total. The van der Waals surface area contributed by atoms with Crippen LogP contribution in [0.5, 0.6) is 0 Å². The van der Waals surface area contributed by atoms with E-state index in [1.54, 1.807) is 23.1 Å². The van der Waals surface area contributed by atoms with E-state index in [0.29, 0.717) is 30.2 Å². The third-order valence-corrected chi connectivity index (χ3v) is 7.76. The predicted octanol–water partition coefficient (Wildman–Crippen LogP) is 3.51. The molecule has 1 unspecified atom stereocenters. The number of carbonyl (C=O) groups is 3. The number of aromatic amines is 1. The second kappa shape index (κ2) is 10.3. The van der Waals surface area contributed by atoms with Gasteiger partial charge in [-0.1, -0.05) is 60.0 Å². The van der Waals surface area contributed by atoms with E-state index in [1.165, 1.54) is 0 Å². The number of likely N-dealkylation sites (tertiary alicyclic amines) is 1. The Bertz CT molecular complexity index is 1340. The highest BCUT2D eigenvalue weighted by Gasteiger charge is 2.46. The number of aryl methyl sites for hydroxylation is 1. The number of hydrogen-bond acceptors (Lipinski definition) is 3. The fourth-order valence-electron chi connectivity index (χ4n) is 5.46. The number of benzene rings is 1. The van der Waals surface area contributed by atoms with Crippen molar-refractivity contribution in [3.05, 3.63) is 70.9 Å². The highest BCUT2D eigenvalue weighted by Crippen LogP contribution is 2.36. The summed E-state index contributed by atoms with van der Waals surface area (Å²) < 4.78 is 0. The van der Waals surface area contributed by atoms with Gasteiger partial charge >= 0.3 is 0 Å². The lowest BCUT2D eigenvalue weighted by atomic mass is 9.90. The number of nitrogens with one attached hydrogen (secondary N) is 3. The highest BCUT2D eigenvalue weighted by molar-refractivity contribution is 6.35. The van der Waals surface area contributed by atoms with Crippen LogP contribution < -0.4 is 10.6 Å². The van der Waals surface area contributed by atoms with Gasteiger partial charge in [0.15, 0.2) is 0 Å². The lowest BCUT2D eigenvalue weighted by Gasteiger charge is -2.27. The van der Waals surface area contributed by atoms with Crippen LogP contribution >= 0.6 is 11.6 Å². The van der Waals surface area contributed by atoms with Crippen LogP contribution in [0.3, 0.4) is 0 Å². The third-order valence-electron chi connectivity index (χ3n) is 7.43. The Labute approximate surface area is 221 Å². The van der Waals surface area contributed by atoms with Gasteiger partial charge in [-0.05, 0) is 37.5 Å². The summed E-state index contributed by atoms with van der Waals surface area (Å²) in [6.45, 7) is 2.98. The Morgan fingerprint density at radius 1 is 1.30 bits per heavy atom. The summed E-state index contributed by atoms with van der Waals surface area (Å²) in [5, 5.41) is 7.02. The molecule has 2 saturated heterocycles. The molecular formula is C29H29ClN4O3. The first-order valence-corrected chi connectivity index (χ1v) is 12.9. The van der Waals surface area contributed by atoms with Crippen LogP contribution in [0, 0.1) is 37.0 Å². The van der Waals surface area contributed by atoms with Gasteiger partial charge in [-0.15, -0.1) is 6.42 Å². The Hall–Kier alpha value is -3.76. The molecule has 2 fully saturated rings. The number of hydrogen-bond donors (Lipinski definition) is 3. The average Bonchev–Trinajstić information content (AvgIpc) is 3.57. The minimum absolute atomic E-state index is 0.00941. The molecule has 0 saturated carbocycles. The number of amides is 3. The van der Waals surface area contributed by atoms with Gasteiger partial charge in [0.25, 0.3) is 5.91 Å². The molecule has 37 heavy (non-hydrogen) atoms. The van der Waals surface area contributed by atoms with Crippen molar-refractivity contribution in [2.45, 2.75) is 31.8 Å². The molecule has 5 atom stereocenters. The first-order chi connectivity index (χ1) is 17.9. The number of fused-ring (bicyclic) bond motifs is 2. The van der Waals surface area contributed by atoms with Gasteiger partial charge < -0.3 is 20.5 Å². The fraction of sp³-hybridized carbons (Fsp3) is 0.345. The molecule has 3 amide bonds. The van der Waals surface area contributed by atoms with Crippen LogP contribution in [-0.4, -0.2) is 52.8 Å². The first-order valence-electron chi connectivity index (χ1n) is 12.5. The molecule has 1 aromatic carbocycles. The van der Waals surface area contributed by atoms with E-state index in [9.17, 15) is 14.4 Å². The quantitative estimate of drug-likeness (QED) is 0.419. The molecule has 0 spiro atoms. The monoisotopic (exact) mass is 516 g/mol. The SMILES string of the molecule is C#C[C@H](C=C[C@@H]1CCNC1=O)NC(=O)[C@@H]1[C@H]2C=CCC=CC2CN1C(=O)c1cc2c(Cl)ccc(C)c2[nH]1. The summed E-state index contributed by atoms with van der Waals surface area (Å²) in [6.07, 6.45) is 18.8. The van der Waals surface area contributed by atoms with Crippen LogP contribution in [-0.2, 0) is 9.59 Å². The Kier molecular flexibility index (Phi) is 6.94. The average molecular weight is 517 g/mol. The zero-order valence-electron chi connectivity index (χ0n) is 20.5. The van der Waals surface area contributed by atoms with Crippen LogP contribution in [0.15, 0.2) is 54.7 Å². The number of rotatable bonds is 5. The summed E-state index contributed by atoms with van der Waals surface area (Å²) in [5.41, 5.74) is 2.16. The summed E-state index contributed by atoms with van der Waals surface area (Å²) in [7, 11) is 0. The molecule has 2 aromatic rings. The smallest absolute Gasteiger partial charge is 0.271 e. The number of aromatic nitrogens is 1. The molecule has 0 radical (unpaired) electrons. The van der Waals surface area contributed by atoms with Crippen LogP contribution in [0.4, 0.5) is 0 Å². The topological polar surface area (TPSA) is 94.3 Å². The summed E-state index contributed by atoms with van der Waals surface area (Å²) in [5.74, 6) is 1.52. The zero-order valence-corrected chi connectivity index (χ0v) is 21.3. The van der Waals surface area contributed by atoms with Gasteiger partial charge in [-0.2, -0.15) is 0 Å². The Morgan fingerprint density at radius 2 is 2.11 bits per heavy atom. The highest BCUT2D eigenvalue weighted by atomic mass is 35.5. The summed E-state index contributed by atoms with van der Waals surface area (Å²) in [6, 6.07) is 4.03. The van der Waals surface area contributed by atoms with Gasteiger partial charge in [0.1, 0.15) is 17.8 Å². The number of nitrogens with zero attached hydrogens (tertiary/aromatic N) is 1. The van der Waals surface area contributed by atoms with Crippen molar-refractivity contribution in [1.82, 2.24) is 20.5 Å². The fourth-order valence-corrected chi connectivity index (χ4v) is 5.67. The number of carbonyl (C=O) groups excluding carboxylic acids is 3. The van der Waals surface area contributed by atoms with Gasteiger partial charge in [0.2, 0.25) is 11.8 Å². The molecule has 3 N–H and O–H groups in total. The second-order valence-corrected chi connectivity index (χ2v) is 10.2. The van der Waals surface area contributed by atoms with Crippen molar-refractivity contribution in [2.75, 3.05) is 13.1 Å². The standard InChI is InChI=1S/C29H29ClN4O3/c1-3-20(11-10-18-13-14-31-27(18)35)32-28(36)26-21-8-6-4-5-7-19(21)16-34(26)29(37)24-15-22-23(30)12-9-17(2)25(22)33-24/h1,5-12,15,18-21,26,33H,4,13-14,16H2,2H3,(H,31,35)(H,32,36)/t18-,19?,20-,21+,26+/m1/s1. The minimum Gasteiger partial charge on any atom is -0.356 e. The first kappa shape index (κ1) is 24.9. The van der Waals surface area contributed by atoms with Crippen LogP contribution in [0.2, 0.25) is 5.02 Å². The number of terminal acetylenes is 1. The maximum atomic E-state index is 13.8. The molecule has 0 bridgehead atoms. The zero-order chi connectivity index (χ0) is 26.1. The minimum atomic E-state index is -0.737. The molecule has 5 rings (SSSR count). The van der Waals surface area contributed by atoms with Gasteiger partial charge in [-0.3, -0.25) is 14.4 Å².